The Bertz CT molecular complexity index is 651. The quantitative estimate of drug-likeness (QED) is 0.869. The molecule has 116 valence electrons. The Morgan fingerprint density at radius 3 is 2.57 bits per heavy atom. The number of sulfonamides is 1. The van der Waals surface area contributed by atoms with E-state index in [9.17, 15) is 13.2 Å². The fourth-order valence-corrected chi connectivity index (χ4v) is 4.36. The Morgan fingerprint density at radius 2 is 2.00 bits per heavy atom. The molecule has 0 atom stereocenters. The molecule has 0 aromatic heterocycles. The van der Waals surface area contributed by atoms with E-state index in [1.54, 1.807) is 0 Å². The Kier molecular flexibility index (Phi) is 4.91. The van der Waals surface area contributed by atoms with Gasteiger partial charge >= 0.3 is 5.97 Å². The minimum Gasteiger partial charge on any atom is -0.478 e. The van der Waals surface area contributed by atoms with E-state index in [0.29, 0.717) is 12.5 Å². The monoisotopic (exact) mass is 331 g/mol. The van der Waals surface area contributed by atoms with Gasteiger partial charge in [-0.25, -0.2) is 17.9 Å². The average Bonchev–Trinajstić information content (AvgIpc) is 2.91. The highest BCUT2D eigenvalue weighted by Gasteiger charge is 2.24. The first kappa shape index (κ1) is 16.3. The Labute approximate surface area is 129 Å². The van der Waals surface area contributed by atoms with Crippen molar-refractivity contribution >= 4 is 27.6 Å². The van der Waals surface area contributed by atoms with Crippen LogP contribution in [0.4, 0.5) is 0 Å². The van der Waals surface area contributed by atoms with Crippen LogP contribution in [0.3, 0.4) is 0 Å². The molecule has 0 aliphatic heterocycles. The van der Waals surface area contributed by atoms with Gasteiger partial charge in [-0.2, -0.15) is 0 Å². The lowest BCUT2D eigenvalue weighted by Crippen LogP contribution is -2.29. The van der Waals surface area contributed by atoms with E-state index < -0.39 is 16.0 Å². The third-order valence-electron chi connectivity index (χ3n) is 3.88. The lowest BCUT2D eigenvalue weighted by atomic mass is 10.1. The predicted molar refractivity (Wildman–Crippen MR) is 80.3 cm³/mol. The molecule has 5 nitrogen and oxygen atoms in total. The normalized spacial score (nSPS) is 16.3. The van der Waals surface area contributed by atoms with E-state index in [2.05, 4.69) is 4.72 Å². The molecule has 0 spiro atoms. The topological polar surface area (TPSA) is 83.5 Å². The van der Waals surface area contributed by atoms with Crippen molar-refractivity contribution < 1.29 is 18.3 Å². The van der Waals surface area contributed by atoms with E-state index in [1.165, 1.54) is 19.1 Å². The molecular formula is C14H18ClNO4S. The van der Waals surface area contributed by atoms with Crippen LogP contribution >= 0.6 is 11.6 Å². The van der Waals surface area contributed by atoms with Gasteiger partial charge in [0.25, 0.3) is 0 Å². The van der Waals surface area contributed by atoms with Crippen molar-refractivity contribution in [3.8, 4) is 0 Å². The summed E-state index contributed by atoms with van der Waals surface area (Å²) in [7, 11) is -3.75. The summed E-state index contributed by atoms with van der Waals surface area (Å²) in [4.78, 5) is 11.1. The number of halogens is 1. The number of rotatable bonds is 5. The van der Waals surface area contributed by atoms with Crippen molar-refractivity contribution in [1.82, 2.24) is 4.72 Å². The van der Waals surface area contributed by atoms with E-state index in [1.807, 2.05) is 0 Å². The van der Waals surface area contributed by atoms with Crippen LogP contribution in [0.5, 0.6) is 0 Å². The lowest BCUT2D eigenvalue weighted by molar-refractivity contribution is 0.0696. The second-order valence-electron chi connectivity index (χ2n) is 5.38. The minimum absolute atomic E-state index is 0.0644. The predicted octanol–water partition coefficient (Wildman–Crippen LogP) is 2.82. The summed E-state index contributed by atoms with van der Waals surface area (Å²) in [5.74, 6) is -0.833. The van der Waals surface area contributed by atoms with Crippen LogP contribution in [0.2, 0.25) is 5.02 Å². The van der Waals surface area contributed by atoms with E-state index >= 15 is 0 Å². The number of nitrogens with one attached hydrogen (secondary N) is 1. The number of carbonyl (C=O) groups is 1. The van der Waals surface area contributed by atoms with Crippen LogP contribution in [0, 0.1) is 12.8 Å². The maximum atomic E-state index is 12.4. The zero-order valence-corrected chi connectivity index (χ0v) is 13.3. The van der Waals surface area contributed by atoms with Gasteiger partial charge in [0.05, 0.1) is 10.5 Å². The maximum absolute atomic E-state index is 12.4. The third kappa shape index (κ3) is 3.75. The van der Waals surface area contributed by atoms with Crippen molar-refractivity contribution in [2.24, 2.45) is 5.92 Å². The standard InChI is InChI=1S/C14H18ClNO4S/c1-9-12(14(17)18)6-11(15)7-13(9)21(19,20)16-8-10-4-2-3-5-10/h6-7,10,16H,2-5,8H2,1H3,(H,17,18). The minimum atomic E-state index is -3.75. The molecule has 21 heavy (non-hydrogen) atoms. The van der Waals surface area contributed by atoms with Gasteiger partial charge in [0, 0.05) is 11.6 Å². The lowest BCUT2D eigenvalue weighted by Gasteiger charge is -2.14. The van der Waals surface area contributed by atoms with Gasteiger partial charge in [0.1, 0.15) is 0 Å². The number of hydrogen-bond donors (Lipinski definition) is 2. The molecule has 0 amide bonds. The molecule has 0 radical (unpaired) electrons. The third-order valence-corrected chi connectivity index (χ3v) is 5.65. The van der Waals surface area contributed by atoms with Gasteiger partial charge < -0.3 is 5.11 Å². The van der Waals surface area contributed by atoms with Crippen molar-refractivity contribution in [2.45, 2.75) is 37.5 Å². The van der Waals surface area contributed by atoms with Crippen molar-refractivity contribution in [1.29, 1.82) is 0 Å². The summed E-state index contributed by atoms with van der Waals surface area (Å²) in [6.07, 6.45) is 4.31. The molecule has 2 rings (SSSR count). The average molecular weight is 332 g/mol. The zero-order valence-electron chi connectivity index (χ0n) is 11.7. The fourth-order valence-electron chi connectivity index (χ4n) is 2.68. The van der Waals surface area contributed by atoms with Crippen molar-refractivity contribution in [2.75, 3.05) is 6.54 Å². The molecular weight excluding hydrogens is 314 g/mol. The van der Waals surface area contributed by atoms with Crippen LogP contribution in [0.1, 0.15) is 41.6 Å². The Morgan fingerprint density at radius 1 is 1.38 bits per heavy atom. The van der Waals surface area contributed by atoms with Crippen molar-refractivity contribution in [3.63, 3.8) is 0 Å². The second-order valence-corrected chi connectivity index (χ2v) is 7.56. The SMILES string of the molecule is Cc1c(C(=O)O)cc(Cl)cc1S(=O)(=O)NCC1CCCC1. The molecule has 1 saturated carbocycles. The Hall–Kier alpha value is -1.11. The van der Waals surface area contributed by atoms with Crippen LogP contribution in [0.25, 0.3) is 0 Å². The largest absolute Gasteiger partial charge is 0.478 e. The fraction of sp³-hybridized carbons (Fsp3) is 0.500. The molecule has 1 aromatic rings. The second kappa shape index (κ2) is 6.34. The van der Waals surface area contributed by atoms with E-state index in [-0.39, 0.29) is 21.0 Å². The first-order valence-corrected chi connectivity index (χ1v) is 8.70. The molecule has 1 aliphatic carbocycles. The van der Waals surface area contributed by atoms with Crippen LogP contribution in [0.15, 0.2) is 17.0 Å². The van der Waals surface area contributed by atoms with Gasteiger partial charge in [-0.1, -0.05) is 24.4 Å². The van der Waals surface area contributed by atoms with Crippen molar-refractivity contribution in [3.05, 3.63) is 28.3 Å². The summed E-state index contributed by atoms with van der Waals surface area (Å²) >= 11 is 5.84. The number of benzene rings is 1. The van der Waals surface area contributed by atoms with Crippen LogP contribution < -0.4 is 4.72 Å². The zero-order chi connectivity index (χ0) is 15.6. The first-order chi connectivity index (χ1) is 9.81. The van der Waals surface area contributed by atoms with Gasteiger partial charge in [0.2, 0.25) is 10.0 Å². The van der Waals surface area contributed by atoms with Gasteiger partial charge in [-0.15, -0.1) is 0 Å². The van der Waals surface area contributed by atoms with E-state index in [4.69, 9.17) is 16.7 Å². The summed E-state index contributed by atoms with van der Waals surface area (Å²) in [6.45, 7) is 1.86. The highest BCUT2D eigenvalue weighted by atomic mass is 35.5. The highest BCUT2D eigenvalue weighted by Crippen LogP contribution is 2.27. The molecule has 2 N–H and O–H groups in total. The molecule has 0 saturated heterocycles. The molecule has 0 bridgehead atoms. The van der Waals surface area contributed by atoms with Gasteiger partial charge in [-0.05, 0) is 43.4 Å². The van der Waals surface area contributed by atoms with Gasteiger partial charge in [-0.3, -0.25) is 0 Å². The first-order valence-electron chi connectivity index (χ1n) is 6.84. The number of hydrogen-bond acceptors (Lipinski definition) is 3. The van der Waals surface area contributed by atoms with Crippen LogP contribution in [-0.4, -0.2) is 26.0 Å². The molecule has 1 aliphatic rings. The highest BCUT2D eigenvalue weighted by molar-refractivity contribution is 7.89. The smallest absolute Gasteiger partial charge is 0.336 e. The summed E-state index contributed by atoms with van der Waals surface area (Å²) in [5.41, 5.74) is 0.106. The summed E-state index contributed by atoms with van der Waals surface area (Å²) in [5, 5.41) is 9.21. The number of carboxylic acids is 1. The van der Waals surface area contributed by atoms with Crippen LogP contribution in [-0.2, 0) is 10.0 Å². The molecule has 1 fully saturated rings. The summed E-state index contributed by atoms with van der Waals surface area (Å²) < 4.78 is 27.3. The number of carboxylic acid groups (broad SMARTS) is 1. The van der Waals surface area contributed by atoms with E-state index in [0.717, 1.165) is 25.7 Å². The maximum Gasteiger partial charge on any atom is 0.336 e. The molecule has 0 heterocycles. The number of aromatic carboxylic acids is 1. The summed E-state index contributed by atoms with van der Waals surface area (Å²) in [6, 6.07) is 2.55. The Balaban J connectivity index is 2.28. The molecule has 7 heteroatoms. The van der Waals surface area contributed by atoms with Gasteiger partial charge in [0.15, 0.2) is 0 Å². The molecule has 0 unspecified atom stereocenters. The molecule has 1 aromatic carbocycles.